The number of hydrogen-bond acceptors (Lipinski definition) is 4. The van der Waals surface area contributed by atoms with Gasteiger partial charge in [-0.15, -0.1) is 0 Å². The number of carboxylic acid groups (broad SMARTS) is 1. The van der Waals surface area contributed by atoms with Crippen molar-refractivity contribution >= 4 is 28.6 Å². The van der Waals surface area contributed by atoms with Crippen molar-refractivity contribution in [2.24, 2.45) is 16.5 Å². The van der Waals surface area contributed by atoms with E-state index in [1.165, 1.54) is 16.3 Å². The van der Waals surface area contributed by atoms with Crippen LogP contribution in [0, 0.1) is 0 Å². The maximum absolute atomic E-state index is 12.4. The zero-order chi connectivity index (χ0) is 22.2. The molecule has 0 radical (unpaired) electrons. The Morgan fingerprint density at radius 1 is 1.16 bits per heavy atom. The number of aliphatic imine (C=N–C) groups is 1. The van der Waals surface area contributed by atoms with Crippen LogP contribution in [0.25, 0.3) is 10.8 Å². The normalized spacial score (nSPS) is 14.4. The van der Waals surface area contributed by atoms with Crippen molar-refractivity contribution in [2.75, 3.05) is 13.1 Å². The quantitative estimate of drug-likeness (QED) is 0.233. The van der Waals surface area contributed by atoms with Crippen molar-refractivity contribution in [3.8, 4) is 0 Å². The predicted octanol–water partition coefficient (Wildman–Crippen LogP) is 1.82. The zero-order valence-corrected chi connectivity index (χ0v) is 17.7. The average Bonchev–Trinajstić information content (AvgIpc) is 3.58. The Labute approximate surface area is 182 Å². The van der Waals surface area contributed by atoms with Gasteiger partial charge >= 0.3 is 5.97 Å². The molecule has 8 nitrogen and oxygen atoms in total. The Hall–Kier alpha value is -3.13. The van der Waals surface area contributed by atoms with Crippen molar-refractivity contribution < 1.29 is 14.7 Å². The summed E-state index contributed by atoms with van der Waals surface area (Å²) in [6.07, 6.45) is 3.29. The Morgan fingerprint density at radius 3 is 2.61 bits per heavy atom. The highest BCUT2D eigenvalue weighted by atomic mass is 16.4. The summed E-state index contributed by atoms with van der Waals surface area (Å²) in [6.45, 7) is 1.71. The van der Waals surface area contributed by atoms with Crippen LogP contribution in [0.4, 0.5) is 0 Å². The molecule has 1 aliphatic rings. The third kappa shape index (κ3) is 6.96. The molecule has 1 saturated carbocycles. The minimum Gasteiger partial charge on any atom is -0.480 e. The molecule has 31 heavy (non-hydrogen) atoms. The molecule has 0 saturated heterocycles. The fourth-order valence-electron chi connectivity index (χ4n) is 3.75. The van der Waals surface area contributed by atoms with Crippen LogP contribution in [0.3, 0.4) is 0 Å². The number of carbonyl (C=O) groups excluding carboxylic acids is 1. The number of fused-ring (bicyclic) bond motifs is 1. The molecule has 1 aliphatic carbocycles. The number of amides is 1. The van der Waals surface area contributed by atoms with Crippen LogP contribution in [0.2, 0.25) is 0 Å². The number of guanidine groups is 1. The van der Waals surface area contributed by atoms with Crippen LogP contribution in [0.15, 0.2) is 47.5 Å². The van der Waals surface area contributed by atoms with E-state index in [-0.39, 0.29) is 24.7 Å². The number of rotatable bonds is 12. The second kappa shape index (κ2) is 10.8. The van der Waals surface area contributed by atoms with Gasteiger partial charge in [0.25, 0.3) is 0 Å². The summed E-state index contributed by atoms with van der Waals surface area (Å²) < 4.78 is 0. The highest BCUT2D eigenvalue weighted by molar-refractivity contribution is 5.85. The number of benzene rings is 2. The number of aliphatic carboxylic acids is 1. The molecule has 2 aromatic rings. The third-order valence-electron chi connectivity index (χ3n) is 5.52. The second-order valence-electron chi connectivity index (χ2n) is 8.00. The molecular formula is C23H31N5O3. The van der Waals surface area contributed by atoms with Gasteiger partial charge in [0.15, 0.2) is 5.96 Å². The molecule has 2 aromatic carbocycles. The van der Waals surface area contributed by atoms with E-state index in [0.717, 1.165) is 19.4 Å². The van der Waals surface area contributed by atoms with Gasteiger partial charge < -0.3 is 21.9 Å². The highest BCUT2D eigenvalue weighted by Crippen LogP contribution is 2.30. The average molecular weight is 426 g/mol. The van der Waals surface area contributed by atoms with Crippen LogP contribution in [0.1, 0.15) is 37.7 Å². The van der Waals surface area contributed by atoms with Gasteiger partial charge in [0.1, 0.15) is 6.04 Å². The van der Waals surface area contributed by atoms with E-state index in [1.54, 1.807) is 0 Å². The van der Waals surface area contributed by atoms with Crippen molar-refractivity contribution in [1.29, 1.82) is 0 Å². The topological polar surface area (TPSA) is 134 Å². The van der Waals surface area contributed by atoms with E-state index in [4.69, 9.17) is 11.5 Å². The van der Waals surface area contributed by atoms with Gasteiger partial charge in [-0.05, 0) is 42.0 Å². The number of nitrogens with one attached hydrogen (secondary N) is 1. The van der Waals surface area contributed by atoms with Crippen LogP contribution in [-0.2, 0) is 16.1 Å². The second-order valence-corrected chi connectivity index (χ2v) is 8.00. The van der Waals surface area contributed by atoms with Gasteiger partial charge in [-0.2, -0.15) is 0 Å². The van der Waals surface area contributed by atoms with Gasteiger partial charge in [-0.25, -0.2) is 4.79 Å². The van der Waals surface area contributed by atoms with Gasteiger partial charge in [0, 0.05) is 32.1 Å². The summed E-state index contributed by atoms with van der Waals surface area (Å²) >= 11 is 0. The zero-order valence-electron chi connectivity index (χ0n) is 17.7. The number of carbonyl (C=O) groups is 2. The van der Waals surface area contributed by atoms with E-state index in [0.29, 0.717) is 25.6 Å². The third-order valence-corrected chi connectivity index (χ3v) is 5.52. The smallest absolute Gasteiger partial charge is 0.326 e. The number of carboxylic acids is 1. The molecule has 3 rings (SSSR count). The van der Waals surface area contributed by atoms with Crippen LogP contribution < -0.4 is 16.8 Å². The molecule has 0 bridgehead atoms. The highest BCUT2D eigenvalue weighted by Gasteiger charge is 2.29. The first-order chi connectivity index (χ1) is 14.9. The molecule has 0 heterocycles. The maximum atomic E-state index is 12.4. The Bertz CT molecular complexity index is 932. The minimum absolute atomic E-state index is 0.0257. The van der Waals surface area contributed by atoms with Crippen LogP contribution in [-0.4, -0.2) is 53.0 Å². The van der Waals surface area contributed by atoms with Gasteiger partial charge in [-0.3, -0.25) is 14.7 Å². The first kappa shape index (κ1) is 22.6. The van der Waals surface area contributed by atoms with Crippen molar-refractivity contribution in [3.63, 3.8) is 0 Å². The van der Waals surface area contributed by atoms with Crippen molar-refractivity contribution in [1.82, 2.24) is 10.2 Å². The predicted molar refractivity (Wildman–Crippen MR) is 121 cm³/mol. The Balaban J connectivity index is 1.54. The summed E-state index contributed by atoms with van der Waals surface area (Å²) in [5.74, 6) is -1.33. The largest absolute Gasteiger partial charge is 0.480 e. The molecule has 1 atom stereocenters. The maximum Gasteiger partial charge on any atom is 0.326 e. The monoisotopic (exact) mass is 425 g/mol. The molecule has 0 aliphatic heterocycles. The van der Waals surface area contributed by atoms with Gasteiger partial charge in [-0.1, -0.05) is 42.5 Å². The summed E-state index contributed by atoms with van der Waals surface area (Å²) in [5, 5.41) is 14.5. The standard InChI is InChI=1S/C23H31N5O3/c24-23(25)26-13-4-9-20(22(30)31)27-21(29)12-14-28(18-10-11-18)15-17-7-3-6-16-5-1-2-8-19(16)17/h1-3,5-8,18,20H,4,9-15H2,(H,27,29)(H,30,31)(H4,24,25,26). The lowest BCUT2D eigenvalue weighted by Gasteiger charge is -2.23. The first-order valence-corrected chi connectivity index (χ1v) is 10.7. The van der Waals surface area contributed by atoms with Gasteiger partial charge in [0.2, 0.25) is 5.91 Å². The molecule has 1 unspecified atom stereocenters. The number of nitrogens with two attached hydrogens (primary N) is 2. The van der Waals surface area contributed by atoms with Crippen molar-refractivity contribution in [2.45, 2.75) is 50.7 Å². The number of hydrogen-bond donors (Lipinski definition) is 4. The molecule has 1 amide bonds. The fraction of sp³-hybridized carbons (Fsp3) is 0.435. The Kier molecular flexibility index (Phi) is 7.83. The SMILES string of the molecule is NC(N)=NCCCC(NC(=O)CCN(Cc1cccc2ccccc12)C1CC1)C(=O)O. The van der Waals surface area contributed by atoms with Crippen LogP contribution in [0.5, 0.6) is 0 Å². The molecule has 0 aromatic heterocycles. The van der Waals surface area contributed by atoms with E-state index < -0.39 is 12.0 Å². The lowest BCUT2D eigenvalue weighted by Crippen LogP contribution is -2.42. The molecule has 1 fully saturated rings. The molecule has 6 N–H and O–H groups in total. The van der Waals surface area contributed by atoms with E-state index in [1.807, 2.05) is 12.1 Å². The fourth-order valence-corrected chi connectivity index (χ4v) is 3.75. The van der Waals surface area contributed by atoms with Crippen LogP contribution >= 0.6 is 0 Å². The molecular weight excluding hydrogens is 394 g/mol. The number of nitrogens with zero attached hydrogens (tertiary/aromatic N) is 2. The lowest BCUT2D eigenvalue weighted by atomic mass is 10.0. The molecule has 166 valence electrons. The summed E-state index contributed by atoms with van der Waals surface area (Å²) in [4.78, 5) is 30.1. The summed E-state index contributed by atoms with van der Waals surface area (Å²) in [7, 11) is 0. The molecule has 0 spiro atoms. The summed E-state index contributed by atoms with van der Waals surface area (Å²) in [6, 6.07) is 14.2. The van der Waals surface area contributed by atoms with Gasteiger partial charge in [0.05, 0.1) is 0 Å². The van der Waals surface area contributed by atoms with E-state index in [9.17, 15) is 14.7 Å². The first-order valence-electron chi connectivity index (χ1n) is 10.7. The lowest BCUT2D eigenvalue weighted by molar-refractivity contribution is -0.142. The minimum atomic E-state index is -1.05. The summed E-state index contributed by atoms with van der Waals surface area (Å²) in [5.41, 5.74) is 11.8. The molecule has 8 heteroatoms. The van der Waals surface area contributed by atoms with Crippen molar-refractivity contribution in [3.05, 3.63) is 48.0 Å². The van der Waals surface area contributed by atoms with E-state index in [2.05, 4.69) is 45.5 Å². The van der Waals surface area contributed by atoms with E-state index >= 15 is 0 Å². The Morgan fingerprint density at radius 2 is 1.90 bits per heavy atom.